The van der Waals surface area contributed by atoms with Crippen LogP contribution in [0.5, 0.6) is 0 Å². The summed E-state index contributed by atoms with van der Waals surface area (Å²) < 4.78 is 12.1. The molecule has 0 saturated carbocycles. The Morgan fingerprint density at radius 2 is 1.54 bits per heavy atom. The average Bonchev–Trinajstić information content (AvgIpc) is 3.59. The molecular weight excluding hydrogens is 692 g/mol. The third kappa shape index (κ3) is 12.2. The van der Waals surface area contributed by atoms with Crippen LogP contribution in [0.4, 0.5) is 0 Å². The maximum Gasteiger partial charge on any atom is 0.269 e. The molecule has 5 amide bonds. The third-order valence-electron chi connectivity index (χ3n) is 11.4. The van der Waals surface area contributed by atoms with Gasteiger partial charge in [0, 0.05) is 33.4 Å². The summed E-state index contributed by atoms with van der Waals surface area (Å²) in [6.45, 7) is 20.8. The molecule has 14 heteroatoms. The molecule has 0 unspecified atom stereocenters. The van der Waals surface area contributed by atoms with Crippen LogP contribution in [0.2, 0.25) is 0 Å². The molecule has 0 aromatic heterocycles. The Labute approximate surface area is 325 Å². The number of methoxy groups -OCH3 is 2. The molecule has 2 heterocycles. The highest BCUT2D eigenvalue weighted by molar-refractivity contribution is 6.00. The lowest BCUT2D eigenvalue weighted by atomic mass is 9.85. The summed E-state index contributed by atoms with van der Waals surface area (Å²) >= 11 is 0. The maximum absolute atomic E-state index is 14.3. The second-order valence-electron chi connectivity index (χ2n) is 17.1. The number of carbonyl (C=O) groups excluding carboxylic acids is 5. The van der Waals surface area contributed by atoms with Gasteiger partial charge in [-0.15, -0.1) is 0 Å². The Balaban J connectivity index is 2.30. The molecule has 0 spiro atoms. The van der Waals surface area contributed by atoms with Crippen LogP contribution in [0.15, 0.2) is 0 Å². The fourth-order valence-corrected chi connectivity index (χ4v) is 8.21. The molecule has 2 rings (SSSR count). The maximum atomic E-state index is 14.3. The summed E-state index contributed by atoms with van der Waals surface area (Å²) in [5, 5.41) is 10.0. The van der Waals surface area contributed by atoms with Gasteiger partial charge in [-0.25, -0.2) is 5.06 Å². The van der Waals surface area contributed by atoms with E-state index in [1.807, 2.05) is 60.4 Å². The molecule has 312 valence electrons. The molecule has 9 atom stereocenters. The first-order valence-corrected chi connectivity index (χ1v) is 20.1. The van der Waals surface area contributed by atoms with Crippen LogP contribution in [-0.4, -0.2) is 135 Å². The van der Waals surface area contributed by atoms with E-state index in [1.165, 1.54) is 5.06 Å². The van der Waals surface area contributed by atoms with Crippen molar-refractivity contribution >= 4 is 29.5 Å². The minimum absolute atomic E-state index is 0.0107. The van der Waals surface area contributed by atoms with E-state index in [-0.39, 0.29) is 65.8 Å². The van der Waals surface area contributed by atoms with Crippen LogP contribution in [-0.2, 0) is 38.3 Å². The number of hydrogen-bond acceptors (Lipinski definition) is 10. The van der Waals surface area contributed by atoms with E-state index >= 15 is 0 Å². The Kier molecular flexibility index (Phi) is 19.0. The van der Waals surface area contributed by atoms with Crippen molar-refractivity contribution in [3.63, 3.8) is 0 Å². The number of likely N-dealkylation sites (N-methyl/N-ethyl adjacent to an activating group) is 2. The van der Waals surface area contributed by atoms with Gasteiger partial charge in [0.2, 0.25) is 23.6 Å². The Bertz CT molecular complexity index is 1240. The standard InChI is InChI=1S/C40H74N6O8/c1-15-26(6)33(44(12)32(25(4)5)38(50)43-37(49)31(41-11)24(2)3)29(52-13)23-30(47)45-20-18-19-28(45)34(53-14)27(7)36(48)42-35(40(8,9)10)39(51)46-21-16-17-22-54-46/h24-29,31-35,41H,15-23H2,1-14H3,(H,42,48)(H,43,49,50)/t26-,27+,28-,29+,31-,32-,33-,34+,35+/m0/s1. The third-order valence-corrected chi connectivity index (χ3v) is 11.4. The Morgan fingerprint density at radius 3 is 2.02 bits per heavy atom. The van der Waals surface area contributed by atoms with Crippen molar-refractivity contribution in [3.8, 4) is 0 Å². The van der Waals surface area contributed by atoms with Crippen LogP contribution < -0.4 is 16.0 Å². The molecule has 0 aromatic rings. The lowest BCUT2D eigenvalue weighted by Crippen LogP contribution is -2.60. The Hall–Kier alpha value is -2.65. The van der Waals surface area contributed by atoms with Crippen molar-refractivity contribution in [1.29, 1.82) is 0 Å². The second-order valence-corrected chi connectivity index (χ2v) is 17.1. The van der Waals surface area contributed by atoms with Crippen LogP contribution in [0.25, 0.3) is 0 Å². The number of amides is 5. The van der Waals surface area contributed by atoms with Gasteiger partial charge in [-0.2, -0.15) is 0 Å². The quantitative estimate of drug-likeness (QED) is 0.178. The average molecular weight is 767 g/mol. The van der Waals surface area contributed by atoms with Gasteiger partial charge >= 0.3 is 0 Å². The molecule has 2 saturated heterocycles. The van der Waals surface area contributed by atoms with Crippen molar-refractivity contribution in [3.05, 3.63) is 0 Å². The molecule has 0 bridgehead atoms. The second kappa shape index (κ2) is 21.6. The van der Waals surface area contributed by atoms with Crippen molar-refractivity contribution < 1.29 is 38.3 Å². The van der Waals surface area contributed by atoms with Crippen molar-refractivity contribution in [2.24, 2.45) is 29.1 Å². The molecular formula is C40H74N6O8. The van der Waals surface area contributed by atoms with Gasteiger partial charge in [-0.3, -0.25) is 39.0 Å². The zero-order valence-corrected chi connectivity index (χ0v) is 35.8. The number of nitrogens with one attached hydrogen (secondary N) is 3. The summed E-state index contributed by atoms with van der Waals surface area (Å²) in [7, 11) is 6.71. The summed E-state index contributed by atoms with van der Waals surface area (Å²) in [5.74, 6) is -2.28. The molecule has 2 aliphatic heterocycles. The molecule has 0 aliphatic carbocycles. The van der Waals surface area contributed by atoms with E-state index in [0.717, 1.165) is 25.7 Å². The van der Waals surface area contributed by atoms with Crippen molar-refractivity contribution in [1.82, 2.24) is 30.8 Å². The number of hydrogen-bond donors (Lipinski definition) is 3. The van der Waals surface area contributed by atoms with E-state index in [2.05, 4.69) is 29.8 Å². The first-order valence-electron chi connectivity index (χ1n) is 20.1. The first kappa shape index (κ1) is 47.5. The topological polar surface area (TPSA) is 159 Å². The number of likely N-dealkylation sites (tertiary alicyclic amines) is 1. The molecule has 0 radical (unpaired) electrons. The monoisotopic (exact) mass is 767 g/mol. The first-order chi connectivity index (χ1) is 25.3. The van der Waals surface area contributed by atoms with E-state index in [4.69, 9.17) is 14.3 Å². The molecule has 54 heavy (non-hydrogen) atoms. The van der Waals surface area contributed by atoms with Crippen LogP contribution in [0.1, 0.15) is 108 Å². The van der Waals surface area contributed by atoms with E-state index < -0.39 is 41.7 Å². The van der Waals surface area contributed by atoms with E-state index in [9.17, 15) is 24.0 Å². The number of imide groups is 1. The van der Waals surface area contributed by atoms with Gasteiger partial charge in [-0.1, -0.05) is 75.7 Å². The fraction of sp³-hybridized carbons (Fsp3) is 0.875. The summed E-state index contributed by atoms with van der Waals surface area (Å²) in [6, 6.07) is -2.68. The SMILES string of the molecule is CC[C@H](C)[C@@H]([C@@H](CC(=O)N1CCC[C@H]1[C@H](OC)[C@@H](C)C(=O)N[C@H](C(=O)N1CCCCO1)C(C)(C)C)OC)N(C)[C@H](C(=O)NC(=O)[C@@H](NC)C(C)C)C(C)C. The highest BCUT2D eigenvalue weighted by Gasteiger charge is 2.45. The molecule has 3 N–H and O–H groups in total. The van der Waals surface area contributed by atoms with Crippen LogP contribution in [0.3, 0.4) is 0 Å². The number of ether oxygens (including phenoxy) is 2. The zero-order valence-electron chi connectivity index (χ0n) is 35.8. The molecule has 14 nitrogen and oxygen atoms in total. The van der Waals surface area contributed by atoms with E-state index in [1.54, 1.807) is 33.1 Å². The zero-order chi connectivity index (χ0) is 41.1. The Morgan fingerprint density at radius 1 is 0.889 bits per heavy atom. The van der Waals surface area contributed by atoms with Gasteiger partial charge in [0.05, 0.1) is 49.3 Å². The predicted octanol–water partition coefficient (Wildman–Crippen LogP) is 3.38. The van der Waals surface area contributed by atoms with Gasteiger partial charge in [0.25, 0.3) is 5.91 Å². The number of hydroxylamine groups is 2. The van der Waals surface area contributed by atoms with Gasteiger partial charge in [0.15, 0.2) is 0 Å². The highest BCUT2D eigenvalue weighted by Crippen LogP contribution is 2.31. The van der Waals surface area contributed by atoms with Crippen LogP contribution in [0, 0.1) is 29.1 Å². The smallest absolute Gasteiger partial charge is 0.269 e. The minimum atomic E-state index is -0.809. The van der Waals surface area contributed by atoms with Crippen molar-refractivity contribution in [2.45, 2.75) is 150 Å². The summed E-state index contributed by atoms with van der Waals surface area (Å²) in [5.41, 5.74) is -0.576. The largest absolute Gasteiger partial charge is 0.379 e. The number of nitrogens with zero attached hydrogens (tertiary/aromatic N) is 3. The van der Waals surface area contributed by atoms with Gasteiger partial charge in [0.1, 0.15) is 6.04 Å². The molecule has 0 aromatic carbocycles. The van der Waals surface area contributed by atoms with Gasteiger partial charge < -0.3 is 25.0 Å². The molecule has 2 aliphatic rings. The predicted molar refractivity (Wildman–Crippen MR) is 209 cm³/mol. The van der Waals surface area contributed by atoms with Crippen LogP contribution >= 0.6 is 0 Å². The normalized spacial score (nSPS) is 21.3. The fourth-order valence-electron chi connectivity index (χ4n) is 8.21. The van der Waals surface area contributed by atoms with E-state index in [0.29, 0.717) is 26.1 Å². The molecule has 2 fully saturated rings. The lowest BCUT2D eigenvalue weighted by Gasteiger charge is -2.43. The summed E-state index contributed by atoms with van der Waals surface area (Å²) in [4.78, 5) is 77.9. The number of carbonyl (C=O) groups is 5. The summed E-state index contributed by atoms with van der Waals surface area (Å²) in [6.07, 6.45) is 2.77. The minimum Gasteiger partial charge on any atom is -0.379 e. The highest BCUT2D eigenvalue weighted by atomic mass is 16.7. The lowest BCUT2D eigenvalue weighted by molar-refractivity contribution is -0.201. The van der Waals surface area contributed by atoms with Crippen molar-refractivity contribution in [2.75, 3.05) is 48.0 Å². The van der Waals surface area contributed by atoms with Gasteiger partial charge in [-0.05, 0) is 62.9 Å². The number of rotatable bonds is 19.